The van der Waals surface area contributed by atoms with E-state index in [-0.39, 0.29) is 11.4 Å². The zero-order chi connectivity index (χ0) is 16.2. The zero-order valence-corrected chi connectivity index (χ0v) is 13.7. The Bertz CT molecular complexity index is 543. The Kier molecular flexibility index (Phi) is 5.06. The molecule has 120 valence electrons. The van der Waals surface area contributed by atoms with E-state index < -0.39 is 0 Å². The van der Waals surface area contributed by atoms with E-state index in [1.165, 1.54) is 0 Å². The van der Waals surface area contributed by atoms with Crippen molar-refractivity contribution in [1.29, 1.82) is 0 Å². The summed E-state index contributed by atoms with van der Waals surface area (Å²) < 4.78 is 0. The Morgan fingerprint density at radius 1 is 1.27 bits per heavy atom. The molecule has 1 aliphatic heterocycles. The summed E-state index contributed by atoms with van der Waals surface area (Å²) in [5.74, 6) is 0.665. The van der Waals surface area contributed by atoms with Crippen LogP contribution in [0.2, 0.25) is 0 Å². The molecule has 0 atom stereocenters. The van der Waals surface area contributed by atoms with Crippen molar-refractivity contribution in [2.75, 3.05) is 11.4 Å². The lowest BCUT2D eigenvalue weighted by Gasteiger charge is -2.26. The van der Waals surface area contributed by atoms with Crippen molar-refractivity contribution in [3.05, 3.63) is 29.8 Å². The molecule has 1 saturated heterocycles. The van der Waals surface area contributed by atoms with Gasteiger partial charge in [-0.1, -0.05) is 12.1 Å². The highest BCUT2D eigenvalue weighted by Gasteiger charge is 2.19. The smallest absolute Gasteiger partial charge is 0.226 e. The maximum atomic E-state index is 11.9. The summed E-state index contributed by atoms with van der Waals surface area (Å²) in [6.45, 7) is 7.47. The molecule has 1 amide bonds. The predicted octanol–water partition coefficient (Wildman–Crippen LogP) is 2.41. The number of aliphatic imine (C=N–C) groups is 1. The van der Waals surface area contributed by atoms with Gasteiger partial charge in [-0.15, -0.1) is 0 Å². The number of carbonyl (C=O) groups excluding carboxylic acids is 1. The van der Waals surface area contributed by atoms with Gasteiger partial charge in [-0.3, -0.25) is 4.79 Å². The SMILES string of the molecule is CC(C)(C)NC(N)=NCc1ccc(N2CCCCC2=O)cc1. The van der Waals surface area contributed by atoms with E-state index >= 15 is 0 Å². The monoisotopic (exact) mass is 302 g/mol. The Labute approximate surface area is 132 Å². The van der Waals surface area contributed by atoms with Crippen LogP contribution in [0.15, 0.2) is 29.3 Å². The van der Waals surface area contributed by atoms with Gasteiger partial charge in [-0.25, -0.2) is 4.99 Å². The third-order valence-corrected chi connectivity index (χ3v) is 3.51. The number of amides is 1. The van der Waals surface area contributed by atoms with Crippen LogP contribution in [0, 0.1) is 0 Å². The number of nitrogens with two attached hydrogens (primary N) is 1. The van der Waals surface area contributed by atoms with Crippen LogP contribution in [0.4, 0.5) is 5.69 Å². The number of anilines is 1. The first-order valence-electron chi connectivity index (χ1n) is 7.82. The van der Waals surface area contributed by atoms with E-state index in [9.17, 15) is 4.79 Å². The highest BCUT2D eigenvalue weighted by Crippen LogP contribution is 2.21. The lowest BCUT2D eigenvalue weighted by Crippen LogP contribution is -2.44. The molecular formula is C17H26N4O. The summed E-state index contributed by atoms with van der Waals surface area (Å²) in [5.41, 5.74) is 7.81. The van der Waals surface area contributed by atoms with E-state index in [0.717, 1.165) is 30.6 Å². The molecule has 0 bridgehead atoms. The van der Waals surface area contributed by atoms with Gasteiger partial charge in [0.1, 0.15) is 0 Å². The Hall–Kier alpha value is -2.04. The first-order chi connectivity index (χ1) is 10.3. The summed E-state index contributed by atoms with van der Waals surface area (Å²) in [5, 5.41) is 3.13. The van der Waals surface area contributed by atoms with Crippen LogP contribution >= 0.6 is 0 Å². The largest absolute Gasteiger partial charge is 0.370 e. The van der Waals surface area contributed by atoms with Crippen LogP contribution in [-0.2, 0) is 11.3 Å². The number of rotatable bonds is 3. The maximum Gasteiger partial charge on any atom is 0.226 e. The second-order valence-corrected chi connectivity index (χ2v) is 6.75. The third kappa shape index (κ3) is 4.76. The number of piperidine rings is 1. The minimum absolute atomic E-state index is 0.0912. The van der Waals surface area contributed by atoms with Crippen LogP contribution < -0.4 is 16.0 Å². The summed E-state index contributed by atoms with van der Waals surface area (Å²) in [4.78, 5) is 18.1. The standard InChI is InChI=1S/C17H26N4O/c1-17(2,3)20-16(18)19-12-13-7-9-14(10-8-13)21-11-5-4-6-15(21)22/h7-10H,4-6,11-12H2,1-3H3,(H3,18,19,20). The van der Waals surface area contributed by atoms with E-state index in [1.54, 1.807) is 0 Å². The van der Waals surface area contributed by atoms with Gasteiger partial charge >= 0.3 is 0 Å². The predicted molar refractivity (Wildman–Crippen MR) is 90.9 cm³/mol. The molecule has 2 rings (SSSR count). The highest BCUT2D eigenvalue weighted by atomic mass is 16.2. The van der Waals surface area contributed by atoms with Crippen LogP contribution in [0.25, 0.3) is 0 Å². The molecule has 22 heavy (non-hydrogen) atoms. The second-order valence-electron chi connectivity index (χ2n) is 6.75. The highest BCUT2D eigenvalue weighted by molar-refractivity contribution is 5.93. The number of guanidine groups is 1. The van der Waals surface area contributed by atoms with Crippen molar-refractivity contribution in [2.45, 2.75) is 52.1 Å². The van der Waals surface area contributed by atoms with E-state index in [4.69, 9.17) is 5.73 Å². The van der Waals surface area contributed by atoms with Gasteiger partial charge < -0.3 is 16.0 Å². The zero-order valence-electron chi connectivity index (χ0n) is 13.7. The number of hydrogen-bond acceptors (Lipinski definition) is 2. The van der Waals surface area contributed by atoms with E-state index in [0.29, 0.717) is 18.9 Å². The molecule has 0 unspecified atom stereocenters. The third-order valence-electron chi connectivity index (χ3n) is 3.51. The molecule has 3 N–H and O–H groups in total. The Balaban J connectivity index is 1.97. The number of carbonyl (C=O) groups is 1. The first kappa shape index (κ1) is 16.3. The van der Waals surface area contributed by atoms with Crippen molar-refractivity contribution in [3.63, 3.8) is 0 Å². The van der Waals surface area contributed by atoms with Gasteiger partial charge in [-0.05, 0) is 51.3 Å². The molecule has 1 aromatic rings. The molecular weight excluding hydrogens is 276 g/mol. The number of nitrogens with zero attached hydrogens (tertiary/aromatic N) is 2. The summed E-state index contributed by atoms with van der Waals surface area (Å²) in [6.07, 6.45) is 2.73. The van der Waals surface area contributed by atoms with Crippen LogP contribution in [0.3, 0.4) is 0 Å². The molecule has 0 spiro atoms. The average molecular weight is 302 g/mol. The maximum absolute atomic E-state index is 11.9. The molecule has 5 nitrogen and oxygen atoms in total. The minimum atomic E-state index is -0.0912. The normalized spacial score (nSPS) is 16.8. The fourth-order valence-electron chi connectivity index (χ4n) is 2.46. The van der Waals surface area contributed by atoms with Gasteiger partial charge in [0.2, 0.25) is 5.91 Å². The summed E-state index contributed by atoms with van der Waals surface area (Å²) in [7, 11) is 0. The molecule has 5 heteroatoms. The lowest BCUT2D eigenvalue weighted by atomic mass is 10.1. The van der Waals surface area contributed by atoms with Gasteiger partial charge in [0.15, 0.2) is 5.96 Å². The minimum Gasteiger partial charge on any atom is -0.370 e. The Morgan fingerprint density at radius 2 is 1.95 bits per heavy atom. The molecule has 0 radical (unpaired) electrons. The van der Waals surface area contributed by atoms with Crippen molar-refractivity contribution in [3.8, 4) is 0 Å². The van der Waals surface area contributed by atoms with Crippen molar-refractivity contribution in [1.82, 2.24) is 5.32 Å². The molecule has 1 fully saturated rings. The molecule has 1 aliphatic rings. The fraction of sp³-hybridized carbons (Fsp3) is 0.529. The Morgan fingerprint density at radius 3 is 2.55 bits per heavy atom. The number of nitrogens with one attached hydrogen (secondary N) is 1. The lowest BCUT2D eigenvalue weighted by molar-refractivity contribution is -0.119. The van der Waals surface area contributed by atoms with Crippen molar-refractivity contribution < 1.29 is 4.79 Å². The van der Waals surface area contributed by atoms with Gasteiger partial charge in [0, 0.05) is 24.2 Å². The van der Waals surface area contributed by atoms with Crippen molar-refractivity contribution >= 4 is 17.6 Å². The number of hydrogen-bond donors (Lipinski definition) is 2. The fourth-order valence-corrected chi connectivity index (χ4v) is 2.46. The molecule has 1 aromatic carbocycles. The van der Waals surface area contributed by atoms with E-state index in [1.807, 2.05) is 49.9 Å². The molecule has 0 aliphatic carbocycles. The van der Waals surface area contributed by atoms with Crippen LogP contribution in [0.1, 0.15) is 45.6 Å². The van der Waals surface area contributed by atoms with Crippen molar-refractivity contribution in [2.24, 2.45) is 10.7 Å². The van der Waals surface area contributed by atoms with Gasteiger partial charge in [-0.2, -0.15) is 0 Å². The summed E-state index contributed by atoms with van der Waals surface area (Å²) >= 11 is 0. The second kappa shape index (κ2) is 6.81. The quantitative estimate of drug-likeness (QED) is 0.665. The molecule has 0 aromatic heterocycles. The van der Waals surface area contributed by atoms with E-state index in [2.05, 4.69) is 10.3 Å². The van der Waals surface area contributed by atoms with Crippen LogP contribution in [-0.4, -0.2) is 24.0 Å². The number of benzene rings is 1. The molecule has 0 saturated carbocycles. The van der Waals surface area contributed by atoms with Crippen LogP contribution in [0.5, 0.6) is 0 Å². The topological polar surface area (TPSA) is 70.7 Å². The average Bonchev–Trinajstić information content (AvgIpc) is 2.45. The van der Waals surface area contributed by atoms with Gasteiger partial charge in [0.25, 0.3) is 0 Å². The first-order valence-corrected chi connectivity index (χ1v) is 7.82. The summed E-state index contributed by atoms with van der Waals surface area (Å²) in [6, 6.07) is 7.99. The molecule has 1 heterocycles. The van der Waals surface area contributed by atoms with Gasteiger partial charge in [0.05, 0.1) is 6.54 Å².